The summed E-state index contributed by atoms with van der Waals surface area (Å²) < 4.78 is 11.8. The second kappa shape index (κ2) is 7.91. The van der Waals surface area contributed by atoms with Gasteiger partial charge in [0.15, 0.2) is 0 Å². The van der Waals surface area contributed by atoms with Crippen LogP contribution in [0.3, 0.4) is 0 Å². The maximum Gasteiger partial charge on any atom is 0.228 e. The van der Waals surface area contributed by atoms with Crippen molar-refractivity contribution in [3.63, 3.8) is 0 Å². The van der Waals surface area contributed by atoms with Crippen LogP contribution in [0.15, 0.2) is 77.3 Å². The van der Waals surface area contributed by atoms with E-state index in [0.717, 1.165) is 39.2 Å². The lowest BCUT2D eigenvalue weighted by atomic mass is 9.85. The SMILES string of the molecule is COc1cccc(C2(c3cccc(OC)c3)CC2C(=O)Nc2ccc(Br)cc2)c1. The summed E-state index contributed by atoms with van der Waals surface area (Å²) in [7, 11) is 3.31. The second-order valence-corrected chi connectivity index (χ2v) is 8.10. The van der Waals surface area contributed by atoms with E-state index in [4.69, 9.17) is 9.47 Å². The first-order valence-electron chi connectivity index (χ1n) is 9.42. The first-order valence-corrected chi connectivity index (χ1v) is 10.2. The summed E-state index contributed by atoms with van der Waals surface area (Å²) in [6, 6.07) is 23.6. The predicted octanol–water partition coefficient (Wildman–Crippen LogP) is 5.41. The number of halogens is 1. The van der Waals surface area contributed by atoms with Crippen molar-refractivity contribution in [2.45, 2.75) is 11.8 Å². The zero-order chi connectivity index (χ0) is 20.4. The van der Waals surface area contributed by atoms with Gasteiger partial charge in [-0.05, 0) is 66.1 Å². The number of nitrogens with one attached hydrogen (secondary N) is 1. The number of methoxy groups -OCH3 is 2. The summed E-state index contributed by atoms with van der Waals surface area (Å²) in [6.45, 7) is 0. The van der Waals surface area contributed by atoms with E-state index >= 15 is 0 Å². The average molecular weight is 452 g/mol. The normalized spacial score (nSPS) is 16.7. The third kappa shape index (κ3) is 3.75. The van der Waals surface area contributed by atoms with Crippen molar-refractivity contribution in [3.05, 3.63) is 88.4 Å². The van der Waals surface area contributed by atoms with Crippen LogP contribution in [0.1, 0.15) is 17.5 Å². The van der Waals surface area contributed by atoms with E-state index in [-0.39, 0.29) is 11.8 Å². The van der Waals surface area contributed by atoms with Crippen molar-refractivity contribution in [1.29, 1.82) is 0 Å². The van der Waals surface area contributed by atoms with Crippen LogP contribution in [0.2, 0.25) is 0 Å². The molecule has 0 spiro atoms. The molecule has 4 rings (SSSR count). The van der Waals surface area contributed by atoms with Crippen LogP contribution in [0, 0.1) is 5.92 Å². The first kappa shape index (κ1) is 19.5. The number of carbonyl (C=O) groups is 1. The summed E-state index contributed by atoms with van der Waals surface area (Å²) in [4.78, 5) is 13.1. The highest BCUT2D eigenvalue weighted by molar-refractivity contribution is 9.10. The van der Waals surface area contributed by atoms with Crippen LogP contribution in [-0.2, 0) is 10.2 Å². The van der Waals surface area contributed by atoms with E-state index in [1.807, 2.05) is 60.7 Å². The van der Waals surface area contributed by atoms with E-state index in [2.05, 4.69) is 33.4 Å². The lowest BCUT2D eigenvalue weighted by Gasteiger charge is -2.20. The fourth-order valence-corrected chi connectivity index (χ4v) is 4.21. The quantitative estimate of drug-likeness (QED) is 0.544. The van der Waals surface area contributed by atoms with Crippen LogP contribution in [0.5, 0.6) is 11.5 Å². The second-order valence-electron chi connectivity index (χ2n) is 7.19. The number of hydrogen-bond donors (Lipinski definition) is 1. The van der Waals surface area contributed by atoms with Gasteiger partial charge in [0.25, 0.3) is 0 Å². The van der Waals surface area contributed by atoms with E-state index in [1.54, 1.807) is 14.2 Å². The number of rotatable bonds is 6. The zero-order valence-electron chi connectivity index (χ0n) is 16.3. The Bertz CT molecular complexity index is 985. The molecule has 0 aliphatic heterocycles. The fourth-order valence-electron chi connectivity index (χ4n) is 3.95. The highest BCUT2D eigenvalue weighted by Gasteiger charge is 2.60. The number of carbonyl (C=O) groups excluding carboxylic acids is 1. The number of hydrogen-bond acceptors (Lipinski definition) is 3. The molecular weight excluding hydrogens is 430 g/mol. The maximum absolute atomic E-state index is 13.1. The van der Waals surface area contributed by atoms with Gasteiger partial charge < -0.3 is 14.8 Å². The molecule has 29 heavy (non-hydrogen) atoms. The number of amides is 1. The van der Waals surface area contributed by atoms with Gasteiger partial charge in [0.1, 0.15) is 11.5 Å². The molecule has 1 saturated carbocycles. The highest BCUT2D eigenvalue weighted by Crippen LogP contribution is 2.60. The van der Waals surface area contributed by atoms with Gasteiger partial charge in [-0.15, -0.1) is 0 Å². The van der Waals surface area contributed by atoms with Crippen LogP contribution >= 0.6 is 15.9 Å². The van der Waals surface area contributed by atoms with Crippen molar-refractivity contribution in [3.8, 4) is 11.5 Å². The third-order valence-corrected chi connectivity index (χ3v) is 6.09. The van der Waals surface area contributed by atoms with Crippen LogP contribution in [0.4, 0.5) is 5.69 Å². The Labute approximate surface area is 179 Å². The molecule has 3 aromatic carbocycles. The minimum Gasteiger partial charge on any atom is -0.497 e. The summed E-state index contributed by atoms with van der Waals surface area (Å²) in [5.41, 5.74) is 2.53. The van der Waals surface area contributed by atoms with Crippen molar-refractivity contribution < 1.29 is 14.3 Å². The van der Waals surface area contributed by atoms with Gasteiger partial charge in [0.2, 0.25) is 5.91 Å². The zero-order valence-corrected chi connectivity index (χ0v) is 17.9. The maximum atomic E-state index is 13.1. The van der Waals surface area contributed by atoms with Crippen molar-refractivity contribution in [2.75, 3.05) is 19.5 Å². The largest absolute Gasteiger partial charge is 0.497 e. The van der Waals surface area contributed by atoms with Crippen LogP contribution in [-0.4, -0.2) is 20.1 Å². The molecule has 4 nitrogen and oxygen atoms in total. The van der Waals surface area contributed by atoms with Crippen molar-refractivity contribution in [2.24, 2.45) is 5.92 Å². The van der Waals surface area contributed by atoms with Gasteiger partial charge >= 0.3 is 0 Å². The molecule has 1 N–H and O–H groups in total. The van der Waals surface area contributed by atoms with E-state index in [9.17, 15) is 4.79 Å². The first-order chi connectivity index (χ1) is 14.1. The standard InChI is InChI=1S/C24H22BrNO3/c1-28-20-7-3-5-16(13-20)24(17-6-4-8-21(14-17)29-2)15-22(24)23(27)26-19-11-9-18(25)10-12-19/h3-14,22H,15H2,1-2H3,(H,26,27). The summed E-state index contributed by atoms with van der Waals surface area (Å²) in [5, 5.41) is 3.06. The Morgan fingerprint density at radius 1 is 0.931 bits per heavy atom. The van der Waals surface area contributed by atoms with Crippen molar-refractivity contribution in [1.82, 2.24) is 0 Å². The third-order valence-electron chi connectivity index (χ3n) is 5.56. The molecule has 1 aliphatic carbocycles. The minimum absolute atomic E-state index is 0.0120. The average Bonchev–Trinajstić information content (AvgIpc) is 3.53. The summed E-state index contributed by atoms with van der Waals surface area (Å²) >= 11 is 3.42. The molecule has 1 unspecified atom stereocenters. The lowest BCUT2D eigenvalue weighted by molar-refractivity contribution is -0.117. The molecule has 1 atom stereocenters. The predicted molar refractivity (Wildman–Crippen MR) is 118 cm³/mol. The molecule has 1 aliphatic rings. The molecule has 0 bridgehead atoms. The lowest BCUT2D eigenvalue weighted by Crippen LogP contribution is -2.22. The summed E-state index contributed by atoms with van der Waals surface area (Å²) in [6.07, 6.45) is 0.732. The number of benzene rings is 3. The monoisotopic (exact) mass is 451 g/mol. The smallest absolute Gasteiger partial charge is 0.228 e. The minimum atomic E-state index is -0.400. The van der Waals surface area contributed by atoms with E-state index < -0.39 is 5.41 Å². The molecule has 3 aromatic rings. The molecule has 0 aromatic heterocycles. The molecule has 5 heteroatoms. The van der Waals surface area contributed by atoms with Gasteiger partial charge in [0, 0.05) is 15.6 Å². The number of anilines is 1. The molecule has 0 saturated heterocycles. The fraction of sp³-hybridized carbons (Fsp3) is 0.208. The van der Waals surface area contributed by atoms with Crippen LogP contribution in [0.25, 0.3) is 0 Å². The van der Waals surface area contributed by atoms with E-state index in [0.29, 0.717) is 0 Å². The van der Waals surface area contributed by atoms with Gasteiger partial charge in [-0.25, -0.2) is 0 Å². The molecule has 0 radical (unpaired) electrons. The van der Waals surface area contributed by atoms with Crippen LogP contribution < -0.4 is 14.8 Å². The van der Waals surface area contributed by atoms with Gasteiger partial charge in [-0.2, -0.15) is 0 Å². The molecule has 148 valence electrons. The Morgan fingerprint density at radius 3 is 2.00 bits per heavy atom. The Morgan fingerprint density at radius 2 is 1.48 bits per heavy atom. The van der Waals surface area contributed by atoms with Crippen molar-refractivity contribution >= 4 is 27.5 Å². The molecule has 0 heterocycles. The molecular formula is C24H22BrNO3. The van der Waals surface area contributed by atoms with Gasteiger partial charge in [0.05, 0.1) is 20.1 Å². The summed E-state index contributed by atoms with van der Waals surface area (Å²) in [5.74, 6) is 1.40. The van der Waals surface area contributed by atoms with Gasteiger partial charge in [-0.3, -0.25) is 4.79 Å². The highest BCUT2D eigenvalue weighted by atomic mass is 79.9. The van der Waals surface area contributed by atoms with Gasteiger partial charge in [-0.1, -0.05) is 40.2 Å². The Hall–Kier alpha value is -2.79. The molecule has 1 fully saturated rings. The topological polar surface area (TPSA) is 47.6 Å². The Balaban J connectivity index is 1.70. The Kier molecular flexibility index (Phi) is 5.33. The van der Waals surface area contributed by atoms with E-state index in [1.165, 1.54) is 0 Å². The number of ether oxygens (including phenoxy) is 2. The molecule has 1 amide bonds.